The highest BCUT2D eigenvalue weighted by Gasteiger charge is 2.22. The van der Waals surface area contributed by atoms with E-state index in [4.69, 9.17) is 10.2 Å². The molecule has 2 heterocycles. The number of hydrogen-bond acceptors (Lipinski definition) is 5. The molecule has 0 unspecified atom stereocenters. The molecule has 28 heavy (non-hydrogen) atoms. The molecule has 8 nitrogen and oxygen atoms in total. The van der Waals surface area contributed by atoms with Crippen molar-refractivity contribution in [2.75, 3.05) is 6.54 Å². The van der Waals surface area contributed by atoms with E-state index >= 15 is 0 Å². The lowest BCUT2D eigenvalue weighted by Crippen LogP contribution is -2.25. The van der Waals surface area contributed by atoms with E-state index in [0.717, 1.165) is 41.0 Å². The highest BCUT2D eigenvalue weighted by atomic mass is 16.6. The van der Waals surface area contributed by atoms with E-state index in [1.54, 1.807) is 36.4 Å². The van der Waals surface area contributed by atoms with E-state index in [2.05, 4.69) is 5.32 Å². The van der Waals surface area contributed by atoms with Crippen LogP contribution in [0.3, 0.4) is 0 Å². The molecule has 3 aromatic rings. The second kappa shape index (κ2) is 7.24. The number of nitro benzene ring substituents is 1. The number of nitrogens with one attached hydrogen (secondary N) is 1. The minimum atomic E-state index is -0.949. The van der Waals surface area contributed by atoms with Crippen LogP contribution < -0.4 is 5.32 Å². The SMILES string of the molecule is O=C(O)c1ccc(Cn2nc(-c3ccc([N+](=O)[O-])cc3)c3c2CCNC3)cc1. The van der Waals surface area contributed by atoms with Gasteiger partial charge in [-0.2, -0.15) is 5.10 Å². The molecule has 0 saturated heterocycles. The van der Waals surface area contributed by atoms with Crippen LogP contribution in [-0.4, -0.2) is 32.3 Å². The van der Waals surface area contributed by atoms with Crippen LogP contribution in [0.25, 0.3) is 11.3 Å². The fraction of sp³-hybridized carbons (Fsp3) is 0.200. The highest BCUT2D eigenvalue weighted by molar-refractivity contribution is 5.87. The first-order valence-corrected chi connectivity index (χ1v) is 8.89. The summed E-state index contributed by atoms with van der Waals surface area (Å²) in [6.07, 6.45) is 0.836. The molecule has 4 rings (SSSR count). The molecule has 142 valence electrons. The molecule has 0 amide bonds. The maximum absolute atomic E-state index is 11.0. The molecule has 8 heteroatoms. The lowest BCUT2D eigenvalue weighted by Gasteiger charge is -2.16. The average Bonchev–Trinajstić information content (AvgIpc) is 3.07. The topological polar surface area (TPSA) is 110 Å². The van der Waals surface area contributed by atoms with E-state index < -0.39 is 10.9 Å². The lowest BCUT2D eigenvalue weighted by molar-refractivity contribution is -0.384. The lowest BCUT2D eigenvalue weighted by atomic mass is 10.0. The Balaban J connectivity index is 1.68. The Bertz CT molecular complexity index is 1040. The van der Waals surface area contributed by atoms with E-state index in [-0.39, 0.29) is 11.3 Å². The summed E-state index contributed by atoms with van der Waals surface area (Å²) in [5.74, 6) is -0.949. The molecule has 1 aliphatic rings. The Kier molecular flexibility index (Phi) is 4.62. The molecule has 0 aliphatic carbocycles. The number of aromatic carboxylic acids is 1. The standard InChI is InChI=1S/C20H18N4O4/c25-20(26)15-3-1-13(2-4-15)12-23-18-9-10-21-11-17(18)19(22-23)14-5-7-16(8-6-14)24(27)28/h1-8,21H,9-12H2,(H,25,26). The number of aromatic nitrogens is 2. The zero-order valence-corrected chi connectivity index (χ0v) is 15.0. The molecular formula is C20H18N4O4. The summed E-state index contributed by atoms with van der Waals surface area (Å²) in [5.41, 5.74) is 5.15. The molecule has 0 saturated carbocycles. The zero-order chi connectivity index (χ0) is 19.7. The van der Waals surface area contributed by atoms with Gasteiger partial charge in [-0.1, -0.05) is 12.1 Å². The first-order chi connectivity index (χ1) is 13.5. The van der Waals surface area contributed by atoms with Crippen LogP contribution in [0.5, 0.6) is 0 Å². The van der Waals surface area contributed by atoms with Gasteiger partial charge in [0, 0.05) is 48.5 Å². The molecular weight excluding hydrogens is 360 g/mol. The summed E-state index contributed by atoms with van der Waals surface area (Å²) in [6, 6.07) is 13.2. The normalized spacial score (nSPS) is 13.1. The van der Waals surface area contributed by atoms with Gasteiger partial charge >= 0.3 is 5.97 Å². The number of rotatable bonds is 5. The minimum absolute atomic E-state index is 0.0497. The number of carboxylic acid groups (broad SMARTS) is 1. The molecule has 0 spiro atoms. The number of non-ortho nitro benzene ring substituents is 1. The van der Waals surface area contributed by atoms with Crippen LogP contribution in [0.4, 0.5) is 5.69 Å². The monoisotopic (exact) mass is 378 g/mol. The van der Waals surface area contributed by atoms with Gasteiger partial charge < -0.3 is 10.4 Å². The van der Waals surface area contributed by atoms with Crippen LogP contribution in [0.15, 0.2) is 48.5 Å². The Hall–Kier alpha value is -3.52. The number of nitrogens with zero attached hydrogens (tertiary/aromatic N) is 3. The zero-order valence-electron chi connectivity index (χ0n) is 15.0. The summed E-state index contributed by atoms with van der Waals surface area (Å²) < 4.78 is 1.95. The molecule has 2 aromatic carbocycles. The quantitative estimate of drug-likeness (QED) is 0.522. The second-order valence-electron chi connectivity index (χ2n) is 6.66. The number of carbonyl (C=O) groups is 1. The van der Waals surface area contributed by atoms with Gasteiger partial charge in [-0.05, 0) is 29.8 Å². The second-order valence-corrected chi connectivity index (χ2v) is 6.66. The predicted molar refractivity (Wildman–Crippen MR) is 102 cm³/mol. The van der Waals surface area contributed by atoms with Gasteiger partial charge in [0.25, 0.3) is 5.69 Å². The molecule has 0 bridgehead atoms. The molecule has 0 fully saturated rings. The fourth-order valence-corrected chi connectivity index (χ4v) is 3.45. The Morgan fingerprint density at radius 2 is 1.89 bits per heavy atom. The first-order valence-electron chi connectivity index (χ1n) is 8.89. The molecule has 1 aromatic heterocycles. The van der Waals surface area contributed by atoms with Crippen molar-refractivity contribution < 1.29 is 14.8 Å². The van der Waals surface area contributed by atoms with Crippen molar-refractivity contribution in [2.24, 2.45) is 0 Å². The van der Waals surface area contributed by atoms with Crippen molar-refractivity contribution in [3.05, 3.63) is 81.0 Å². The number of nitro groups is 1. The maximum Gasteiger partial charge on any atom is 0.335 e. The minimum Gasteiger partial charge on any atom is -0.478 e. The van der Waals surface area contributed by atoms with Gasteiger partial charge in [-0.25, -0.2) is 4.79 Å². The van der Waals surface area contributed by atoms with E-state index in [0.29, 0.717) is 13.1 Å². The number of hydrogen-bond donors (Lipinski definition) is 2. The summed E-state index contributed by atoms with van der Waals surface area (Å²) in [6.45, 7) is 2.09. The smallest absolute Gasteiger partial charge is 0.335 e. The summed E-state index contributed by atoms with van der Waals surface area (Å²) in [5, 5.41) is 28.1. The summed E-state index contributed by atoms with van der Waals surface area (Å²) in [4.78, 5) is 21.5. The largest absolute Gasteiger partial charge is 0.478 e. The van der Waals surface area contributed by atoms with Crippen molar-refractivity contribution >= 4 is 11.7 Å². The number of benzene rings is 2. The molecule has 0 radical (unpaired) electrons. The van der Waals surface area contributed by atoms with Crippen molar-refractivity contribution in [3.63, 3.8) is 0 Å². The Morgan fingerprint density at radius 3 is 2.54 bits per heavy atom. The summed E-state index contributed by atoms with van der Waals surface area (Å²) >= 11 is 0. The van der Waals surface area contributed by atoms with E-state index in [1.807, 2.05) is 4.68 Å². The average molecular weight is 378 g/mol. The van der Waals surface area contributed by atoms with Gasteiger partial charge in [0.1, 0.15) is 0 Å². The highest BCUT2D eigenvalue weighted by Crippen LogP contribution is 2.29. The molecule has 2 N–H and O–H groups in total. The fourth-order valence-electron chi connectivity index (χ4n) is 3.45. The van der Waals surface area contributed by atoms with Gasteiger partial charge in [-0.15, -0.1) is 0 Å². The Morgan fingerprint density at radius 1 is 1.18 bits per heavy atom. The Labute approximate surface area is 160 Å². The van der Waals surface area contributed by atoms with Crippen LogP contribution in [0.1, 0.15) is 27.2 Å². The van der Waals surface area contributed by atoms with Crippen LogP contribution >= 0.6 is 0 Å². The van der Waals surface area contributed by atoms with Crippen LogP contribution in [0.2, 0.25) is 0 Å². The van der Waals surface area contributed by atoms with Crippen molar-refractivity contribution in [2.45, 2.75) is 19.5 Å². The molecule has 0 atom stereocenters. The van der Waals surface area contributed by atoms with Gasteiger partial charge in [0.2, 0.25) is 0 Å². The van der Waals surface area contributed by atoms with Crippen LogP contribution in [0, 0.1) is 10.1 Å². The maximum atomic E-state index is 11.0. The third-order valence-electron chi connectivity index (χ3n) is 4.89. The van der Waals surface area contributed by atoms with Crippen molar-refractivity contribution in [1.82, 2.24) is 15.1 Å². The predicted octanol–water partition coefficient (Wildman–Crippen LogP) is 2.85. The van der Waals surface area contributed by atoms with E-state index in [9.17, 15) is 14.9 Å². The van der Waals surface area contributed by atoms with Gasteiger partial charge in [0.15, 0.2) is 0 Å². The first kappa shape index (κ1) is 17.9. The molecule has 1 aliphatic heterocycles. The summed E-state index contributed by atoms with van der Waals surface area (Å²) in [7, 11) is 0. The third-order valence-corrected chi connectivity index (χ3v) is 4.89. The van der Waals surface area contributed by atoms with Gasteiger partial charge in [0.05, 0.1) is 22.7 Å². The van der Waals surface area contributed by atoms with E-state index in [1.165, 1.54) is 12.1 Å². The number of fused-ring (bicyclic) bond motifs is 1. The number of carboxylic acids is 1. The van der Waals surface area contributed by atoms with Crippen LogP contribution in [-0.2, 0) is 19.5 Å². The van der Waals surface area contributed by atoms with Gasteiger partial charge in [-0.3, -0.25) is 14.8 Å². The van der Waals surface area contributed by atoms with Crippen molar-refractivity contribution in [1.29, 1.82) is 0 Å². The third kappa shape index (κ3) is 3.37. The van der Waals surface area contributed by atoms with Crippen molar-refractivity contribution in [3.8, 4) is 11.3 Å².